The molecule has 0 aliphatic carbocycles. The molecular weight excluding hydrogens is 184 g/mol. The van der Waals surface area contributed by atoms with Gasteiger partial charge in [0.15, 0.2) is 0 Å². The van der Waals surface area contributed by atoms with E-state index in [9.17, 15) is 0 Å². The second-order valence-corrected chi connectivity index (χ2v) is 1.57. The molecule has 0 saturated carbocycles. The summed E-state index contributed by atoms with van der Waals surface area (Å²) < 4.78 is 9.42. The summed E-state index contributed by atoms with van der Waals surface area (Å²) in [6.07, 6.45) is 3.25. The third kappa shape index (κ3) is 30.4. The quantitative estimate of drug-likeness (QED) is 0.770. The molecule has 0 spiro atoms. The predicted molar refractivity (Wildman–Crippen MR) is 57.2 cm³/mol. The summed E-state index contributed by atoms with van der Waals surface area (Å²) in [6, 6.07) is 3.67. The first-order valence-corrected chi connectivity index (χ1v) is 4.36. The van der Waals surface area contributed by atoms with Gasteiger partial charge in [-0.3, -0.25) is 0 Å². The van der Waals surface area contributed by atoms with Gasteiger partial charge in [0.05, 0.1) is 12.5 Å². The number of hydrogen-bond donors (Lipinski definition) is 2. The molecule has 1 rings (SSSR count). The number of ether oxygens (including phenoxy) is 1. The van der Waals surface area contributed by atoms with Crippen LogP contribution in [-0.2, 0) is 4.74 Å². The van der Waals surface area contributed by atoms with Gasteiger partial charge in [0, 0.05) is 27.4 Å². The minimum absolute atomic E-state index is 0.844. The summed E-state index contributed by atoms with van der Waals surface area (Å²) in [5.74, 6) is 0. The highest BCUT2D eigenvalue weighted by atomic mass is 16.5. The number of rotatable bonds is 2. The van der Waals surface area contributed by atoms with E-state index in [4.69, 9.17) is 14.9 Å². The first-order chi connectivity index (χ1) is 6.91. The van der Waals surface area contributed by atoms with Gasteiger partial charge in [-0.1, -0.05) is 0 Å². The SMILES string of the molecule is CCOCC.CO.CO.c1ccoc1. The first-order valence-electron chi connectivity index (χ1n) is 4.36. The minimum Gasteiger partial charge on any atom is -0.473 e. The van der Waals surface area contributed by atoms with Crippen LogP contribution in [0.2, 0.25) is 0 Å². The van der Waals surface area contributed by atoms with Gasteiger partial charge in [0.25, 0.3) is 0 Å². The number of aliphatic hydroxyl groups is 2. The largest absolute Gasteiger partial charge is 0.473 e. The van der Waals surface area contributed by atoms with Crippen molar-refractivity contribution in [1.29, 1.82) is 0 Å². The van der Waals surface area contributed by atoms with E-state index in [1.807, 2.05) is 26.0 Å². The normalized spacial score (nSPS) is 6.71. The maximum Gasteiger partial charge on any atom is 0.0902 e. The molecule has 1 aromatic rings. The van der Waals surface area contributed by atoms with E-state index in [0.717, 1.165) is 27.4 Å². The van der Waals surface area contributed by atoms with Crippen LogP contribution in [0.25, 0.3) is 0 Å². The second kappa shape index (κ2) is 29.5. The third-order valence-corrected chi connectivity index (χ3v) is 0.834. The Morgan fingerprint density at radius 3 is 1.36 bits per heavy atom. The number of furan rings is 1. The van der Waals surface area contributed by atoms with Crippen molar-refractivity contribution < 1.29 is 19.4 Å². The van der Waals surface area contributed by atoms with Gasteiger partial charge in [0.2, 0.25) is 0 Å². The molecule has 86 valence electrons. The zero-order chi connectivity index (χ0) is 11.7. The topological polar surface area (TPSA) is 62.8 Å². The van der Waals surface area contributed by atoms with Crippen molar-refractivity contribution in [1.82, 2.24) is 0 Å². The summed E-state index contributed by atoms with van der Waals surface area (Å²) in [5, 5.41) is 14.0. The van der Waals surface area contributed by atoms with E-state index in [1.165, 1.54) is 0 Å². The molecular formula is C10H22O4. The fourth-order valence-electron chi connectivity index (χ4n) is 0.431. The molecule has 0 aliphatic rings. The molecule has 0 bridgehead atoms. The van der Waals surface area contributed by atoms with Crippen LogP contribution in [0.3, 0.4) is 0 Å². The van der Waals surface area contributed by atoms with Gasteiger partial charge in [-0.15, -0.1) is 0 Å². The Kier molecular flexibility index (Phi) is 39.8. The molecule has 0 radical (unpaired) electrons. The van der Waals surface area contributed by atoms with E-state index in [1.54, 1.807) is 12.5 Å². The minimum atomic E-state index is 0.844. The van der Waals surface area contributed by atoms with Gasteiger partial charge in [0.1, 0.15) is 0 Å². The van der Waals surface area contributed by atoms with Crippen molar-refractivity contribution in [3.8, 4) is 0 Å². The van der Waals surface area contributed by atoms with Crippen molar-refractivity contribution in [2.75, 3.05) is 27.4 Å². The van der Waals surface area contributed by atoms with Gasteiger partial charge < -0.3 is 19.4 Å². The highest BCUT2D eigenvalue weighted by Crippen LogP contribution is 1.79. The fourth-order valence-corrected chi connectivity index (χ4v) is 0.431. The monoisotopic (exact) mass is 206 g/mol. The van der Waals surface area contributed by atoms with Gasteiger partial charge >= 0.3 is 0 Å². The Hall–Kier alpha value is -0.840. The molecule has 4 nitrogen and oxygen atoms in total. The lowest BCUT2D eigenvalue weighted by molar-refractivity contribution is 0.162. The Labute approximate surface area is 86.1 Å². The van der Waals surface area contributed by atoms with Crippen LogP contribution in [0.1, 0.15) is 13.8 Å². The Morgan fingerprint density at radius 1 is 0.929 bits per heavy atom. The molecule has 4 heteroatoms. The average Bonchev–Trinajstić information content (AvgIpc) is 2.83. The van der Waals surface area contributed by atoms with E-state index in [2.05, 4.69) is 4.42 Å². The summed E-state index contributed by atoms with van der Waals surface area (Å²) >= 11 is 0. The molecule has 0 amide bonds. The van der Waals surface area contributed by atoms with Gasteiger partial charge in [-0.2, -0.15) is 0 Å². The van der Waals surface area contributed by atoms with Crippen LogP contribution in [0.4, 0.5) is 0 Å². The van der Waals surface area contributed by atoms with Crippen molar-refractivity contribution in [2.45, 2.75) is 13.8 Å². The summed E-state index contributed by atoms with van der Waals surface area (Å²) in [5.41, 5.74) is 0. The number of hydrogen-bond acceptors (Lipinski definition) is 4. The molecule has 0 atom stereocenters. The van der Waals surface area contributed by atoms with Crippen molar-refractivity contribution >= 4 is 0 Å². The van der Waals surface area contributed by atoms with E-state index < -0.39 is 0 Å². The van der Waals surface area contributed by atoms with Gasteiger partial charge in [-0.05, 0) is 26.0 Å². The lowest BCUT2D eigenvalue weighted by Gasteiger charge is -1.86. The molecule has 0 saturated heterocycles. The molecule has 1 heterocycles. The van der Waals surface area contributed by atoms with Crippen molar-refractivity contribution in [3.05, 3.63) is 24.7 Å². The summed E-state index contributed by atoms with van der Waals surface area (Å²) in [4.78, 5) is 0. The standard InChI is InChI=1S/C4H4O.C4H10O.2CH4O/c1-2-4-5-3-1;1-3-5-4-2;2*1-2/h1-4H;3-4H2,1-2H3;2*2H,1H3. The lowest BCUT2D eigenvalue weighted by Crippen LogP contribution is -1.84. The summed E-state index contributed by atoms with van der Waals surface area (Å²) in [6.45, 7) is 5.67. The Morgan fingerprint density at radius 2 is 1.29 bits per heavy atom. The fraction of sp³-hybridized carbons (Fsp3) is 0.600. The van der Waals surface area contributed by atoms with Crippen LogP contribution in [0.5, 0.6) is 0 Å². The zero-order valence-electron chi connectivity index (χ0n) is 9.43. The van der Waals surface area contributed by atoms with Crippen molar-refractivity contribution in [2.24, 2.45) is 0 Å². The van der Waals surface area contributed by atoms with E-state index in [0.29, 0.717) is 0 Å². The Balaban J connectivity index is -0.000000128. The third-order valence-electron chi connectivity index (χ3n) is 0.834. The molecule has 0 aromatic carbocycles. The van der Waals surface area contributed by atoms with Crippen LogP contribution in [-0.4, -0.2) is 37.6 Å². The molecule has 0 unspecified atom stereocenters. The van der Waals surface area contributed by atoms with Crippen LogP contribution < -0.4 is 0 Å². The van der Waals surface area contributed by atoms with Crippen LogP contribution >= 0.6 is 0 Å². The maximum atomic E-state index is 7.00. The molecule has 1 aromatic heterocycles. The molecule has 14 heavy (non-hydrogen) atoms. The maximum absolute atomic E-state index is 7.00. The van der Waals surface area contributed by atoms with Crippen molar-refractivity contribution in [3.63, 3.8) is 0 Å². The Bertz CT molecular complexity index is 98.5. The highest BCUT2D eigenvalue weighted by Gasteiger charge is 1.64. The highest BCUT2D eigenvalue weighted by molar-refractivity contribution is 4.79. The van der Waals surface area contributed by atoms with E-state index in [-0.39, 0.29) is 0 Å². The average molecular weight is 206 g/mol. The van der Waals surface area contributed by atoms with Gasteiger partial charge in [-0.25, -0.2) is 0 Å². The number of aliphatic hydroxyl groups excluding tert-OH is 2. The zero-order valence-corrected chi connectivity index (χ0v) is 9.43. The lowest BCUT2D eigenvalue weighted by atomic mass is 10.7. The van der Waals surface area contributed by atoms with E-state index >= 15 is 0 Å². The second-order valence-electron chi connectivity index (χ2n) is 1.57. The summed E-state index contributed by atoms with van der Waals surface area (Å²) in [7, 11) is 2.00. The van der Waals surface area contributed by atoms with Crippen LogP contribution in [0.15, 0.2) is 29.1 Å². The smallest absolute Gasteiger partial charge is 0.0902 e. The molecule has 0 aliphatic heterocycles. The molecule has 0 fully saturated rings. The first kappa shape index (κ1) is 18.9. The molecule has 2 N–H and O–H groups in total. The van der Waals surface area contributed by atoms with Crippen LogP contribution in [0, 0.1) is 0 Å². The predicted octanol–water partition coefficient (Wildman–Crippen LogP) is 1.54.